The number of benzene rings is 3. The van der Waals surface area contributed by atoms with Crippen LogP contribution in [0.1, 0.15) is 33.3 Å². The summed E-state index contributed by atoms with van der Waals surface area (Å²) in [5, 5.41) is 2.62. The highest BCUT2D eigenvalue weighted by molar-refractivity contribution is 5.82. The normalized spacial score (nSPS) is 10.3. The third kappa shape index (κ3) is 5.71. The van der Waals surface area contributed by atoms with Gasteiger partial charge in [0.2, 0.25) is 0 Å². The van der Waals surface area contributed by atoms with Gasteiger partial charge in [-0.1, -0.05) is 94.4 Å². The quantitative estimate of drug-likeness (QED) is 0.431. The molecule has 1 aliphatic heterocycles. The third-order valence-electron chi connectivity index (χ3n) is 3.19. The van der Waals surface area contributed by atoms with Gasteiger partial charge in [-0.25, -0.2) is 0 Å². The van der Waals surface area contributed by atoms with Crippen molar-refractivity contribution >= 4 is 22.7 Å². The van der Waals surface area contributed by atoms with E-state index in [1.807, 2.05) is 52.1 Å². The molecule has 0 unspecified atom stereocenters. The minimum absolute atomic E-state index is 1.01. The average Bonchev–Trinajstić information content (AvgIpc) is 3.14. The van der Waals surface area contributed by atoms with Crippen molar-refractivity contribution in [3.63, 3.8) is 0 Å². The molecule has 0 bridgehead atoms. The summed E-state index contributed by atoms with van der Waals surface area (Å²) >= 11 is 0. The first-order valence-electron chi connectivity index (χ1n) is 8.48. The minimum Gasteiger partial charge on any atom is -0.261 e. The van der Waals surface area contributed by atoms with E-state index < -0.39 is 0 Å². The molecule has 3 aromatic carbocycles. The second-order valence-electron chi connectivity index (χ2n) is 4.49. The maximum absolute atomic E-state index is 4.17. The van der Waals surface area contributed by atoms with Crippen LogP contribution in [0.25, 0.3) is 10.8 Å². The summed E-state index contributed by atoms with van der Waals surface area (Å²) < 4.78 is 0. The van der Waals surface area contributed by atoms with E-state index in [9.17, 15) is 0 Å². The molecule has 0 radical (unpaired) electrons. The molecule has 0 spiro atoms. The first-order valence-corrected chi connectivity index (χ1v) is 8.48. The summed E-state index contributed by atoms with van der Waals surface area (Å²) in [6.07, 6.45) is 2.96. The molecule has 23 heavy (non-hydrogen) atoms. The van der Waals surface area contributed by atoms with E-state index in [1.54, 1.807) is 0 Å². The lowest BCUT2D eigenvalue weighted by Crippen LogP contribution is -1.75. The standard InChI is InChI=1S/C10H8.C8H7N.2C2H6/c1-2-6-10-8-4-3-7-9(10)5-1;1-2-4-8-7(3-1)5-6-9-8;2*1-2/h1-8H;1-4,6H,5H2;2*1-2H3. The van der Waals surface area contributed by atoms with Crippen molar-refractivity contribution in [2.45, 2.75) is 34.1 Å². The number of para-hydroxylation sites is 1. The van der Waals surface area contributed by atoms with Crippen LogP contribution >= 0.6 is 0 Å². The molecule has 0 fully saturated rings. The highest BCUT2D eigenvalue weighted by atomic mass is 14.7. The van der Waals surface area contributed by atoms with Gasteiger partial charge in [-0.2, -0.15) is 0 Å². The van der Waals surface area contributed by atoms with E-state index in [-0.39, 0.29) is 0 Å². The molecule has 1 aliphatic rings. The van der Waals surface area contributed by atoms with Crippen LogP contribution in [0.4, 0.5) is 5.69 Å². The van der Waals surface area contributed by atoms with E-state index in [4.69, 9.17) is 0 Å². The Morgan fingerprint density at radius 3 is 1.52 bits per heavy atom. The summed E-state index contributed by atoms with van der Waals surface area (Å²) in [7, 11) is 0. The maximum Gasteiger partial charge on any atom is 0.0661 e. The van der Waals surface area contributed by atoms with Crippen LogP contribution in [0.5, 0.6) is 0 Å². The summed E-state index contributed by atoms with van der Waals surface area (Å²) in [4.78, 5) is 4.17. The van der Waals surface area contributed by atoms with Gasteiger partial charge >= 0.3 is 0 Å². The topological polar surface area (TPSA) is 12.4 Å². The van der Waals surface area contributed by atoms with Crippen LogP contribution in [0.2, 0.25) is 0 Å². The Labute approximate surface area is 140 Å². The van der Waals surface area contributed by atoms with Crippen LogP contribution in [0.3, 0.4) is 0 Å². The SMILES string of the molecule is C1=Nc2ccccc2C1.CC.CC.c1ccc2ccccc2c1. The second-order valence-corrected chi connectivity index (χ2v) is 4.49. The van der Waals surface area contributed by atoms with E-state index >= 15 is 0 Å². The molecule has 0 saturated carbocycles. The van der Waals surface area contributed by atoms with Crippen molar-refractivity contribution < 1.29 is 0 Å². The average molecular weight is 305 g/mol. The molecule has 0 N–H and O–H groups in total. The number of hydrogen-bond acceptors (Lipinski definition) is 1. The van der Waals surface area contributed by atoms with E-state index in [0.29, 0.717) is 0 Å². The maximum atomic E-state index is 4.17. The van der Waals surface area contributed by atoms with Gasteiger partial charge in [-0.05, 0) is 22.4 Å². The Bertz CT molecular complexity index is 648. The number of rotatable bonds is 0. The molecule has 0 saturated heterocycles. The smallest absolute Gasteiger partial charge is 0.0661 e. The molecule has 1 heteroatoms. The summed E-state index contributed by atoms with van der Waals surface area (Å²) in [5.74, 6) is 0. The molecule has 0 atom stereocenters. The van der Waals surface area contributed by atoms with Gasteiger partial charge in [-0.15, -0.1) is 0 Å². The zero-order valence-corrected chi connectivity index (χ0v) is 14.7. The number of nitrogens with zero attached hydrogens (tertiary/aromatic N) is 1. The second kappa shape index (κ2) is 11.2. The Morgan fingerprint density at radius 2 is 1.04 bits per heavy atom. The van der Waals surface area contributed by atoms with Crippen LogP contribution in [-0.2, 0) is 6.42 Å². The molecule has 0 aliphatic carbocycles. The highest BCUT2D eigenvalue weighted by Crippen LogP contribution is 2.22. The lowest BCUT2D eigenvalue weighted by molar-refractivity contribution is 1.41. The first-order chi connectivity index (χ1) is 11.4. The molecule has 1 heterocycles. The van der Waals surface area contributed by atoms with Gasteiger partial charge in [0.15, 0.2) is 0 Å². The van der Waals surface area contributed by atoms with Crippen molar-refractivity contribution in [1.29, 1.82) is 0 Å². The molecule has 3 aromatic rings. The number of fused-ring (bicyclic) bond motifs is 2. The summed E-state index contributed by atoms with van der Waals surface area (Å²) in [6, 6.07) is 24.9. The van der Waals surface area contributed by atoms with Gasteiger partial charge in [0.1, 0.15) is 0 Å². The van der Waals surface area contributed by atoms with Gasteiger partial charge in [0.25, 0.3) is 0 Å². The Kier molecular flexibility index (Phi) is 9.07. The lowest BCUT2D eigenvalue weighted by Gasteiger charge is -1.92. The number of aliphatic imine (C=N–C) groups is 1. The van der Waals surface area contributed by atoms with E-state index in [2.05, 4.69) is 59.6 Å². The summed E-state index contributed by atoms with van der Waals surface area (Å²) in [5.41, 5.74) is 2.48. The van der Waals surface area contributed by atoms with Crippen LogP contribution < -0.4 is 0 Å². The third-order valence-corrected chi connectivity index (χ3v) is 3.19. The molecule has 0 aromatic heterocycles. The first kappa shape index (κ1) is 18.6. The van der Waals surface area contributed by atoms with Crippen molar-refractivity contribution in [3.05, 3.63) is 78.4 Å². The predicted molar refractivity (Wildman–Crippen MR) is 105 cm³/mol. The largest absolute Gasteiger partial charge is 0.261 e. The molecule has 120 valence electrons. The van der Waals surface area contributed by atoms with E-state index in [0.717, 1.165) is 12.1 Å². The van der Waals surface area contributed by atoms with Crippen LogP contribution in [-0.4, -0.2) is 6.21 Å². The fourth-order valence-corrected chi connectivity index (χ4v) is 2.18. The lowest BCUT2D eigenvalue weighted by atomic mass is 10.1. The molecular weight excluding hydrogens is 278 g/mol. The predicted octanol–water partition coefficient (Wildman–Crippen LogP) is 6.84. The van der Waals surface area contributed by atoms with Gasteiger partial charge in [0.05, 0.1) is 5.69 Å². The fraction of sp³-hybridized carbons (Fsp3) is 0.227. The van der Waals surface area contributed by atoms with Crippen molar-refractivity contribution in [3.8, 4) is 0 Å². The zero-order valence-electron chi connectivity index (χ0n) is 14.7. The van der Waals surface area contributed by atoms with Crippen molar-refractivity contribution in [2.24, 2.45) is 4.99 Å². The minimum atomic E-state index is 1.01. The van der Waals surface area contributed by atoms with E-state index in [1.165, 1.54) is 16.3 Å². The Balaban J connectivity index is 0.000000190. The molecular formula is C22H27N. The highest BCUT2D eigenvalue weighted by Gasteiger charge is 2.01. The van der Waals surface area contributed by atoms with Crippen LogP contribution in [0.15, 0.2) is 77.8 Å². The summed E-state index contributed by atoms with van der Waals surface area (Å²) in [6.45, 7) is 8.00. The fourth-order valence-electron chi connectivity index (χ4n) is 2.18. The van der Waals surface area contributed by atoms with Crippen LogP contribution in [0, 0.1) is 0 Å². The Morgan fingerprint density at radius 1 is 0.609 bits per heavy atom. The molecule has 4 rings (SSSR count). The number of hydrogen-bond donors (Lipinski definition) is 0. The van der Waals surface area contributed by atoms with Crippen molar-refractivity contribution in [2.75, 3.05) is 0 Å². The van der Waals surface area contributed by atoms with Gasteiger partial charge < -0.3 is 0 Å². The van der Waals surface area contributed by atoms with Gasteiger partial charge in [0, 0.05) is 12.6 Å². The molecule has 1 nitrogen and oxygen atoms in total. The van der Waals surface area contributed by atoms with Gasteiger partial charge in [-0.3, -0.25) is 4.99 Å². The molecule has 0 amide bonds. The monoisotopic (exact) mass is 305 g/mol. The Hall–Kier alpha value is -2.41. The zero-order chi connectivity index (χ0) is 16.9. The van der Waals surface area contributed by atoms with Crippen molar-refractivity contribution in [1.82, 2.24) is 0 Å².